The van der Waals surface area contributed by atoms with Gasteiger partial charge >= 0.3 is 0 Å². The molecule has 3 rings (SSSR count). The van der Waals surface area contributed by atoms with E-state index in [9.17, 15) is 0 Å². The van der Waals surface area contributed by atoms with E-state index in [1.54, 1.807) is 0 Å². The summed E-state index contributed by atoms with van der Waals surface area (Å²) in [5.74, 6) is 0.686. The molecule has 1 aromatic carbocycles. The van der Waals surface area contributed by atoms with Crippen molar-refractivity contribution in [1.29, 1.82) is 0 Å². The molecule has 0 saturated carbocycles. The first-order chi connectivity index (χ1) is 9.99. The number of imidazole rings is 1. The average Bonchev–Trinajstić information content (AvgIpc) is 2.75. The molecule has 0 bridgehead atoms. The molecule has 21 heavy (non-hydrogen) atoms. The summed E-state index contributed by atoms with van der Waals surface area (Å²) in [5, 5.41) is 0. The molecule has 2 heterocycles. The second-order valence-corrected chi connectivity index (χ2v) is 5.62. The van der Waals surface area contributed by atoms with Gasteiger partial charge in [-0.05, 0) is 37.1 Å². The predicted molar refractivity (Wildman–Crippen MR) is 88.8 cm³/mol. The lowest BCUT2D eigenvalue weighted by atomic mass is 10.0. The van der Waals surface area contributed by atoms with Gasteiger partial charge in [-0.2, -0.15) is 0 Å². The molecule has 0 fully saturated rings. The van der Waals surface area contributed by atoms with Crippen molar-refractivity contribution < 1.29 is 0 Å². The Bertz CT molecular complexity index is 795. The van der Waals surface area contributed by atoms with Crippen LogP contribution in [0.3, 0.4) is 0 Å². The number of aryl methyl sites for hydroxylation is 2. The van der Waals surface area contributed by atoms with Crippen LogP contribution in [-0.4, -0.2) is 23.5 Å². The third kappa shape index (κ3) is 2.13. The van der Waals surface area contributed by atoms with E-state index in [2.05, 4.69) is 43.0 Å². The molecule has 2 aromatic heterocycles. The topological polar surface area (TPSA) is 46.6 Å². The maximum atomic E-state index is 6.36. The van der Waals surface area contributed by atoms with E-state index in [1.165, 1.54) is 11.1 Å². The Morgan fingerprint density at radius 2 is 1.71 bits per heavy atom. The summed E-state index contributed by atoms with van der Waals surface area (Å²) in [5.41, 5.74) is 12.7. The van der Waals surface area contributed by atoms with Gasteiger partial charge in [-0.1, -0.05) is 18.2 Å². The maximum Gasteiger partial charge on any atom is 0.139 e. The summed E-state index contributed by atoms with van der Waals surface area (Å²) >= 11 is 0. The number of hydrogen-bond acceptors (Lipinski definition) is 3. The van der Waals surface area contributed by atoms with Crippen LogP contribution in [0.4, 0.5) is 11.5 Å². The molecule has 4 nitrogen and oxygen atoms in total. The van der Waals surface area contributed by atoms with Crippen LogP contribution in [0.15, 0.2) is 36.5 Å². The second-order valence-electron chi connectivity index (χ2n) is 5.62. The first-order valence-electron chi connectivity index (χ1n) is 7.00. The summed E-state index contributed by atoms with van der Waals surface area (Å²) < 4.78 is 1.95. The van der Waals surface area contributed by atoms with Crippen LogP contribution >= 0.6 is 0 Å². The molecule has 0 unspecified atom stereocenters. The van der Waals surface area contributed by atoms with Gasteiger partial charge in [0.1, 0.15) is 17.2 Å². The monoisotopic (exact) mass is 280 g/mol. The number of nitrogens with zero attached hydrogens (tertiary/aromatic N) is 3. The second kappa shape index (κ2) is 4.81. The van der Waals surface area contributed by atoms with Crippen LogP contribution in [0.5, 0.6) is 0 Å². The minimum Gasteiger partial charge on any atom is -0.383 e. The molecule has 3 aromatic rings. The lowest BCUT2D eigenvalue weighted by Gasteiger charge is -2.12. The third-order valence-corrected chi connectivity index (χ3v) is 3.87. The maximum absolute atomic E-state index is 6.36. The van der Waals surface area contributed by atoms with Crippen molar-refractivity contribution in [2.45, 2.75) is 13.8 Å². The molecule has 0 aliphatic heterocycles. The van der Waals surface area contributed by atoms with E-state index in [4.69, 9.17) is 10.7 Å². The SMILES string of the molecule is Cc1cccc(C)c1-c1nc2ccc(N(C)C)cn2c1N. The Hall–Kier alpha value is -2.49. The summed E-state index contributed by atoms with van der Waals surface area (Å²) in [7, 11) is 4.03. The smallest absolute Gasteiger partial charge is 0.139 e. The molecular formula is C17H20N4. The lowest BCUT2D eigenvalue weighted by Crippen LogP contribution is -2.09. The number of pyridine rings is 1. The van der Waals surface area contributed by atoms with E-state index in [1.807, 2.05) is 30.8 Å². The van der Waals surface area contributed by atoms with Crippen molar-refractivity contribution in [2.24, 2.45) is 0 Å². The van der Waals surface area contributed by atoms with Gasteiger partial charge in [0.05, 0.1) is 5.69 Å². The fourth-order valence-electron chi connectivity index (χ4n) is 2.69. The van der Waals surface area contributed by atoms with Gasteiger partial charge in [-0.3, -0.25) is 4.40 Å². The van der Waals surface area contributed by atoms with Crippen molar-refractivity contribution in [2.75, 3.05) is 24.7 Å². The van der Waals surface area contributed by atoms with Crippen molar-refractivity contribution in [1.82, 2.24) is 9.38 Å². The number of nitrogen functional groups attached to an aromatic ring is 1. The summed E-state index contributed by atoms with van der Waals surface area (Å²) in [4.78, 5) is 6.78. The van der Waals surface area contributed by atoms with Crippen LogP contribution in [0.25, 0.3) is 16.9 Å². The highest BCUT2D eigenvalue weighted by Crippen LogP contribution is 2.32. The van der Waals surface area contributed by atoms with Gasteiger partial charge in [0, 0.05) is 25.9 Å². The molecule has 4 heteroatoms. The molecule has 2 N–H and O–H groups in total. The number of nitrogens with two attached hydrogens (primary N) is 1. The molecule has 0 aliphatic carbocycles. The van der Waals surface area contributed by atoms with Crippen LogP contribution in [0.2, 0.25) is 0 Å². The quantitative estimate of drug-likeness (QED) is 0.783. The number of fused-ring (bicyclic) bond motifs is 1. The molecule has 108 valence electrons. The normalized spacial score (nSPS) is 11.0. The van der Waals surface area contributed by atoms with Gasteiger partial charge in [0.15, 0.2) is 0 Å². The Morgan fingerprint density at radius 1 is 1.05 bits per heavy atom. The van der Waals surface area contributed by atoms with Gasteiger partial charge < -0.3 is 10.6 Å². The molecule has 0 atom stereocenters. The van der Waals surface area contributed by atoms with Crippen molar-refractivity contribution >= 4 is 17.2 Å². The van der Waals surface area contributed by atoms with E-state index >= 15 is 0 Å². The van der Waals surface area contributed by atoms with Gasteiger partial charge in [0.25, 0.3) is 0 Å². The fraction of sp³-hybridized carbons (Fsp3) is 0.235. The number of rotatable bonds is 2. The van der Waals surface area contributed by atoms with Gasteiger partial charge in [-0.15, -0.1) is 0 Å². The molecule has 0 amide bonds. The highest BCUT2D eigenvalue weighted by Gasteiger charge is 2.15. The Morgan fingerprint density at radius 3 is 2.33 bits per heavy atom. The minimum atomic E-state index is 0.686. The minimum absolute atomic E-state index is 0.686. The van der Waals surface area contributed by atoms with Crippen molar-refractivity contribution in [3.05, 3.63) is 47.7 Å². The summed E-state index contributed by atoms with van der Waals surface area (Å²) in [6, 6.07) is 10.3. The zero-order valence-corrected chi connectivity index (χ0v) is 12.9. The predicted octanol–water partition coefficient (Wildman–Crippen LogP) is 3.27. The Kier molecular flexibility index (Phi) is 3.09. The standard InChI is InChI=1S/C17H20N4/c1-11-6-5-7-12(2)15(11)16-17(18)21-10-13(20(3)4)8-9-14(21)19-16/h5-10H,18H2,1-4H3. The van der Waals surface area contributed by atoms with E-state index < -0.39 is 0 Å². The average molecular weight is 280 g/mol. The molecular weight excluding hydrogens is 260 g/mol. The highest BCUT2D eigenvalue weighted by molar-refractivity contribution is 5.79. The molecule has 0 spiro atoms. The van der Waals surface area contributed by atoms with E-state index in [-0.39, 0.29) is 0 Å². The molecule has 0 radical (unpaired) electrons. The first-order valence-corrected chi connectivity index (χ1v) is 7.00. The third-order valence-electron chi connectivity index (χ3n) is 3.87. The number of benzene rings is 1. The number of hydrogen-bond donors (Lipinski definition) is 1. The largest absolute Gasteiger partial charge is 0.383 e. The molecule has 0 aliphatic rings. The highest BCUT2D eigenvalue weighted by atomic mass is 15.1. The van der Waals surface area contributed by atoms with Crippen LogP contribution in [0.1, 0.15) is 11.1 Å². The number of aromatic nitrogens is 2. The Labute approximate surface area is 124 Å². The van der Waals surface area contributed by atoms with Crippen LogP contribution < -0.4 is 10.6 Å². The van der Waals surface area contributed by atoms with E-state index in [0.717, 1.165) is 22.6 Å². The van der Waals surface area contributed by atoms with Gasteiger partial charge in [0.2, 0.25) is 0 Å². The molecule has 0 saturated heterocycles. The Balaban J connectivity index is 2.27. The zero-order chi connectivity index (χ0) is 15.1. The van der Waals surface area contributed by atoms with Crippen LogP contribution in [-0.2, 0) is 0 Å². The van der Waals surface area contributed by atoms with Crippen molar-refractivity contribution in [3.63, 3.8) is 0 Å². The van der Waals surface area contributed by atoms with Gasteiger partial charge in [-0.25, -0.2) is 4.98 Å². The fourth-order valence-corrected chi connectivity index (χ4v) is 2.69. The van der Waals surface area contributed by atoms with E-state index in [0.29, 0.717) is 5.82 Å². The first kappa shape index (κ1) is 13.5. The summed E-state index contributed by atoms with van der Waals surface area (Å²) in [6.45, 7) is 4.19. The zero-order valence-electron chi connectivity index (χ0n) is 12.9. The lowest BCUT2D eigenvalue weighted by molar-refractivity contribution is 1.09. The van der Waals surface area contributed by atoms with Crippen LogP contribution in [0, 0.1) is 13.8 Å². The summed E-state index contributed by atoms with van der Waals surface area (Å²) in [6.07, 6.45) is 2.02. The number of anilines is 2. The van der Waals surface area contributed by atoms with Crippen molar-refractivity contribution in [3.8, 4) is 11.3 Å².